The van der Waals surface area contributed by atoms with Gasteiger partial charge in [-0.05, 0) is 30.2 Å². The molecule has 21 heavy (non-hydrogen) atoms. The number of hydroxylamine groups is 2. The van der Waals surface area contributed by atoms with Gasteiger partial charge in [0.25, 0.3) is 0 Å². The predicted octanol–water partition coefficient (Wildman–Crippen LogP) is 3.55. The van der Waals surface area contributed by atoms with Gasteiger partial charge < -0.3 is 10.0 Å². The fourth-order valence-electron chi connectivity index (χ4n) is 1.82. The summed E-state index contributed by atoms with van der Waals surface area (Å²) < 4.78 is 0. The van der Waals surface area contributed by atoms with E-state index >= 15 is 0 Å². The standard InChI is InChI=1S/C13H13Cl2N3O3/c14-11-4-3-10(6-12(11)15)17-13(19)21-18-5-1-2-9(8-18)7-16-20/h2-4,6-7,20H,1,5,8H2,(H,17,19). The number of carbonyl (C=O) groups excluding carboxylic acids is 1. The zero-order chi connectivity index (χ0) is 15.2. The van der Waals surface area contributed by atoms with E-state index in [1.54, 1.807) is 12.1 Å². The van der Waals surface area contributed by atoms with Crippen molar-refractivity contribution in [2.45, 2.75) is 6.42 Å². The Labute approximate surface area is 131 Å². The first-order chi connectivity index (χ1) is 10.1. The zero-order valence-corrected chi connectivity index (χ0v) is 12.4. The lowest BCUT2D eigenvalue weighted by atomic mass is 10.2. The largest absolute Gasteiger partial charge is 0.430 e. The number of hydrogen-bond acceptors (Lipinski definition) is 5. The van der Waals surface area contributed by atoms with Crippen molar-refractivity contribution in [3.05, 3.63) is 39.9 Å². The van der Waals surface area contributed by atoms with Crippen LogP contribution < -0.4 is 5.32 Å². The van der Waals surface area contributed by atoms with Gasteiger partial charge in [-0.3, -0.25) is 5.32 Å². The number of carbonyl (C=O) groups is 1. The molecule has 0 saturated carbocycles. The molecule has 1 heterocycles. The molecule has 0 aliphatic carbocycles. The first-order valence-corrected chi connectivity index (χ1v) is 6.89. The Balaban J connectivity index is 1.90. The third-order valence-electron chi connectivity index (χ3n) is 2.75. The number of halogens is 2. The maximum atomic E-state index is 11.8. The number of nitrogens with zero attached hydrogens (tertiary/aromatic N) is 2. The van der Waals surface area contributed by atoms with Crippen molar-refractivity contribution < 1.29 is 14.8 Å². The van der Waals surface area contributed by atoms with Gasteiger partial charge >= 0.3 is 6.09 Å². The van der Waals surface area contributed by atoms with Gasteiger partial charge in [0, 0.05) is 12.2 Å². The van der Waals surface area contributed by atoms with Crippen LogP contribution >= 0.6 is 23.2 Å². The Morgan fingerprint density at radius 3 is 2.95 bits per heavy atom. The second kappa shape index (κ2) is 7.31. The number of nitrogens with one attached hydrogen (secondary N) is 1. The van der Waals surface area contributed by atoms with Crippen LogP contribution in [0.25, 0.3) is 0 Å². The average molecular weight is 330 g/mol. The number of rotatable bonds is 3. The summed E-state index contributed by atoms with van der Waals surface area (Å²) >= 11 is 11.7. The Kier molecular flexibility index (Phi) is 5.44. The molecule has 112 valence electrons. The third-order valence-corrected chi connectivity index (χ3v) is 3.48. The highest BCUT2D eigenvalue weighted by Crippen LogP contribution is 2.25. The lowest BCUT2D eigenvalue weighted by Crippen LogP contribution is -2.34. The highest BCUT2D eigenvalue weighted by Gasteiger charge is 2.16. The molecule has 1 amide bonds. The molecule has 0 aromatic heterocycles. The summed E-state index contributed by atoms with van der Waals surface area (Å²) in [7, 11) is 0. The summed E-state index contributed by atoms with van der Waals surface area (Å²) in [4.78, 5) is 17.0. The van der Waals surface area contributed by atoms with Crippen molar-refractivity contribution in [1.29, 1.82) is 0 Å². The van der Waals surface area contributed by atoms with Gasteiger partial charge in [0.05, 0.1) is 22.8 Å². The summed E-state index contributed by atoms with van der Waals surface area (Å²) in [5.74, 6) is 0. The van der Waals surface area contributed by atoms with E-state index in [9.17, 15) is 4.79 Å². The van der Waals surface area contributed by atoms with Gasteiger partial charge in [-0.15, -0.1) is 5.06 Å². The molecule has 1 aliphatic heterocycles. The second-order valence-electron chi connectivity index (χ2n) is 4.31. The third kappa shape index (κ3) is 4.63. The molecule has 1 aliphatic rings. The number of hydrogen-bond donors (Lipinski definition) is 2. The lowest BCUT2D eigenvalue weighted by Gasteiger charge is -2.24. The van der Waals surface area contributed by atoms with Crippen LogP contribution in [0.15, 0.2) is 35.0 Å². The smallest absolute Gasteiger partial charge is 0.411 e. The van der Waals surface area contributed by atoms with Gasteiger partial charge in [-0.2, -0.15) is 0 Å². The monoisotopic (exact) mass is 329 g/mol. The van der Waals surface area contributed by atoms with Crippen molar-refractivity contribution in [3.63, 3.8) is 0 Å². The van der Waals surface area contributed by atoms with E-state index in [1.807, 2.05) is 6.08 Å². The SMILES string of the molecule is O=C(Nc1ccc(Cl)c(Cl)c1)ON1CCC=C(C=NO)C1. The average Bonchev–Trinajstić information content (AvgIpc) is 2.43. The van der Waals surface area contributed by atoms with Gasteiger partial charge in [-0.25, -0.2) is 4.79 Å². The Bertz CT molecular complexity index is 590. The minimum atomic E-state index is -0.629. The number of amides is 1. The molecule has 1 aromatic rings. The maximum Gasteiger partial charge on any atom is 0.430 e. The quantitative estimate of drug-likeness (QED) is 0.505. The Morgan fingerprint density at radius 2 is 2.24 bits per heavy atom. The van der Waals surface area contributed by atoms with Crippen LogP contribution in [-0.2, 0) is 4.84 Å². The number of oxime groups is 1. The van der Waals surface area contributed by atoms with Crippen molar-refractivity contribution in [2.75, 3.05) is 18.4 Å². The molecule has 0 fully saturated rings. The summed E-state index contributed by atoms with van der Waals surface area (Å²) in [6.07, 6.45) is 3.29. The van der Waals surface area contributed by atoms with Crippen LogP contribution in [0, 0.1) is 0 Å². The fourth-order valence-corrected chi connectivity index (χ4v) is 2.12. The second-order valence-corrected chi connectivity index (χ2v) is 5.12. The molecule has 0 spiro atoms. The molecular formula is C13H13Cl2N3O3. The van der Waals surface area contributed by atoms with Crippen LogP contribution in [0.4, 0.5) is 10.5 Å². The zero-order valence-electron chi connectivity index (χ0n) is 10.9. The molecular weight excluding hydrogens is 317 g/mol. The highest BCUT2D eigenvalue weighted by atomic mass is 35.5. The molecule has 0 radical (unpaired) electrons. The molecule has 2 rings (SSSR count). The van der Waals surface area contributed by atoms with Gasteiger partial charge in [0.15, 0.2) is 0 Å². The Hall–Kier alpha value is -1.76. The maximum absolute atomic E-state index is 11.8. The predicted molar refractivity (Wildman–Crippen MR) is 81.1 cm³/mol. The van der Waals surface area contributed by atoms with Gasteiger partial charge in [-0.1, -0.05) is 34.4 Å². The first kappa shape index (κ1) is 15.6. The van der Waals surface area contributed by atoms with E-state index in [2.05, 4.69) is 10.5 Å². The molecule has 1 aromatic carbocycles. The molecule has 0 bridgehead atoms. The first-order valence-electron chi connectivity index (χ1n) is 6.14. The molecule has 8 heteroatoms. The normalized spacial score (nSPS) is 15.8. The molecule has 0 unspecified atom stereocenters. The summed E-state index contributed by atoms with van der Waals surface area (Å²) in [6.45, 7) is 0.927. The van der Waals surface area contributed by atoms with Gasteiger partial charge in [0.2, 0.25) is 0 Å². The van der Waals surface area contributed by atoms with E-state index in [1.165, 1.54) is 17.3 Å². The summed E-state index contributed by atoms with van der Waals surface area (Å²) in [5.41, 5.74) is 1.25. The van der Waals surface area contributed by atoms with Crippen LogP contribution in [0.1, 0.15) is 6.42 Å². The van der Waals surface area contributed by atoms with E-state index < -0.39 is 6.09 Å². The minimum absolute atomic E-state index is 0.344. The molecule has 0 atom stereocenters. The fraction of sp³-hybridized carbons (Fsp3) is 0.231. The molecule has 0 saturated heterocycles. The lowest BCUT2D eigenvalue weighted by molar-refractivity contribution is -0.0872. The summed E-state index contributed by atoms with van der Waals surface area (Å²) in [5, 5.41) is 16.2. The highest BCUT2D eigenvalue weighted by molar-refractivity contribution is 6.42. The van der Waals surface area contributed by atoms with E-state index in [0.717, 1.165) is 5.57 Å². The van der Waals surface area contributed by atoms with Crippen molar-refractivity contribution in [2.24, 2.45) is 5.16 Å². The molecule has 2 N–H and O–H groups in total. The van der Waals surface area contributed by atoms with Crippen LogP contribution in [0.2, 0.25) is 10.0 Å². The van der Waals surface area contributed by atoms with Crippen LogP contribution in [0.3, 0.4) is 0 Å². The van der Waals surface area contributed by atoms with E-state index in [-0.39, 0.29) is 0 Å². The van der Waals surface area contributed by atoms with E-state index in [0.29, 0.717) is 35.2 Å². The van der Waals surface area contributed by atoms with Crippen LogP contribution in [-0.4, -0.2) is 35.7 Å². The van der Waals surface area contributed by atoms with Gasteiger partial charge in [0.1, 0.15) is 0 Å². The van der Waals surface area contributed by atoms with Crippen molar-refractivity contribution in [3.8, 4) is 0 Å². The Morgan fingerprint density at radius 1 is 1.43 bits per heavy atom. The number of anilines is 1. The van der Waals surface area contributed by atoms with Crippen LogP contribution in [0.5, 0.6) is 0 Å². The topological polar surface area (TPSA) is 74.2 Å². The molecule has 6 nitrogen and oxygen atoms in total. The number of benzene rings is 1. The van der Waals surface area contributed by atoms with Crippen molar-refractivity contribution in [1.82, 2.24) is 5.06 Å². The van der Waals surface area contributed by atoms with Crippen molar-refractivity contribution >= 4 is 41.2 Å². The minimum Gasteiger partial charge on any atom is -0.411 e. The summed E-state index contributed by atoms with van der Waals surface area (Å²) in [6, 6.07) is 4.74. The van der Waals surface area contributed by atoms with E-state index in [4.69, 9.17) is 33.2 Å².